The summed E-state index contributed by atoms with van der Waals surface area (Å²) in [4.78, 5) is 14.1. The molecule has 6 heteroatoms. The first-order valence-electron chi connectivity index (χ1n) is 6.70. The Bertz CT molecular complexity index is 473. The van der Waals surface area contributed by atoms with E-state index in [-0.39, 0.29) is 11.9 Å². The Hall–Kier alpha value is -1.30. The number of carbonyl (C=O) groups excluding carboxylic acids is 1. The minimum absolute atomic E-state index is 0.0372. The maximum Gasteiger partial charge on any atom is 0.238 e. The van der Waals surface area contributed by atoms with E-state index in [1.165, 1.54) is 0 Å². The van der Waals surface area contributed by atoms with Crippen LogP contribution < -0.4 is 15.8 Å². The van der Waals surface area contributed by atoms with Gasteiger partial charge < -0.3 is 15.8 Å². The van der Waals surface area contributed by atoms with Gasteiger partial charge in [0.05, 0.1) is 18.7 Å². The molecule has 1 aromatic rings. The summed E-state index contributed by atoms with van der Waals surface area (Å²) in [7, 11) is 1.55. The minimum atomic E-state index is -0.0372. The normalized spacial score (nSPS) is 16.9. The van der Waals surface area contributed by atoms with Crippen LogP contribution in [0.1, 0.15) is 12.8 Å². The molecule has 3 N–H and O–H groups in total. The van der Waals surface area contributed by atoms with Crippen molar-refractivity contribution in [2.24, 2.45) is 5.73 Å². The first kappa shape index (κ1) is 15.1. The number of methoxy groups -OCH3 is 1. The fourth-order valence-corrected chi connectivity index (χ4v) is 2.45. The van der Waals surface area contributed by atoms with Crippen molar-refractivity contribution in [1.82, 2.24) is 4.90 Å². The number of nitrogens with one attached hydrogen (secondary N) is 1. The molecular formula is C14H20ClN3O2. The number of ether oxygens (including phenoxy) is 1. The smallest absolute Gasteiger partial charge is 0.238 e. The maximum absolute atomic E-state index is 12.0. The second-order valence-electron chi connectivity index (χ2n) is 5.01. The van der Waals surface area contributed by atoms with Gasteiger partial charge in [0.15, 0.2) is 0 Å². The largest absolute Gasteiger partial charge is 0.495 e. The van der Waals surface area contributed by atoms with E-state index in [4.69, 9.17) is 22.1 Å². The standard InChI is InChI=1S/C14H20ClN3O2/c1-20-13-8-11(2-3-12(13)15)17-14(19)9-18-6-4-10(16)5-7-18/h2-3,8,10H,4-7,9,16H2,1H3,(H,17,19). The van der Waals surface area contributed by atoms with Crippen molar-refractivity contribution in [3.05, 3.63) is 23.2 Å². The van der Waals surface area contributed by atoms with E-state index >= 15 is 0 Å². The quantitative estimate of drug-likeness (QED) is 0.888. The van der Waals surface area contributed by atoms with Crippen LogP contribution in [0.2, 0.25) is 5.02 Å². The molecule has 1 heterocycles. The van der Waals surface area contributed by atoms with E-state index in [1.54, 1.807) is 25.3 Å². The van der Waals surface area contributed by atoms with Gasteiger partial charge in [0, 0.05) is 30.9 Å². The van der Waals surface area contributed by atoms with E-state index in [0.29, 0.717) is 23.0 Å². The van der Waals surface area contributed by atoms with Crippen molar-refractivity contribution >= 4 is 23.2 Å². The zero-order valence-corrected chi connectivity index (χ0v) is 12.3. The molecule has 0 aliphatic carbocycles. The lowest BCUT2D eigenvalue weighted by molar-refractivity contribution is -0.117. The zero-order valence-electron chi connectivity index (χ0n) is 11.6. The van der Waals surface area contributed by atoms with Crippen LogP contribution in [0.4, 0.5) is 5.69 Å². The number of anilines is 1. The number of piperidine rings is 1. The van der Waals surface area contributed by atoms with Crippen molar-refractivity contribution in [3.8, 4) is 5.75 Å². The van der Waals surface area contributed by atoms with Crippen molar-refractivity contribution < 1.29 is 9.53 Å². The molecule has 1 amide bonds. The average Bonchev–Trinajstić information content (AvgIpc) is 2.43. The van der Waals surface area contributed by atoms with E-state index in [9.17, 15) is 4.79 Å². The van der Waals surface area contributed by atoms with Gasteiger partial charge in [-0.15, -0.1) is 0 Å². The third kappa shape index (κ3) is 4.10. The van der Waals surface area contributed by atoms with Gasteiger partial charge in [0.25, 0.3) is 0 Å². The van der Waals surface area contributed by atoms with Gasteiger partial charge in [0.1, 0.15) is 5.75 Å². The Labute approximate surface area is 124 Å². The first-order valence-corrected chi connectivity index (χ1v) is 7.07. The Balaban J connectivity index is 1.88. The van der Waals surface area contributed by atoms with E-state index in [1.807, 2.05) is 0 Å². The molecule has 1 saturated heterocycles. The third-order valence-corrected chi connectivity index (χ3v) is 3.75. The SMILES string of the molecule is COc1cc(NC(=O)CN2CCC(N)CC2)ccc1Cl. The fourth-order valence-electron chi connectivity index (χ4n) is 2.25. The van der Waals surface area contributed by atoms with Crippen LogP contribution in [0.3, 0.4) is 0 Å². The van der Waals surface area contributed by atoms with E-state index in [0.717, 1.165) is 25.9 Å². The first-order chi connectivity index (χ1) is 9.58. The average molecular weight is 298 g/mol. The van der Waals surface area contributed by atoms with Gasteiger partial charge in [-0.25, -0.2) is 0 Å². The molecule has 110 valence electrons. The molecule has 1 aliphatic rings. The second kappa shape index (κ2) is 6.92. The summed E-state index contributed by atoms with van der Waals surface area (Å²) < 4.78 is 5.12. The number of rotatable bonds is 4. The topological polar surface area (TPSA) is 67.6 Å². The Kier molecular flexibility index (Phi) is 5.23. The van der Waals surface area contributed by atoms with Crippen molar-refractivity contribution in [2.75, 3.05) is 32.1 Å². The fraction of sp³-hybridized carbons (Fsp3) is 0.500. The van der Waals surface area contributed by atoms with Gasteiger partial charge in [-0.3, -0.25) is 9.69 Å². The van der Waals surface area contributed by atoms with Gasteiger partial charge in [-0.1, -0.05) is 11.6 Å². The number of hydrogen-bond acceptors (Lipinski definition) is 4. The number of hydrogen-bond donors (Lipinski definition) is 2. The van der Waals surface area contributed by atoms with E-state index in [2.05, 4.69) is 10.2 Å². The summed E-state index contributed by atoms with van der Waals surface area (Å²) in [5.41, 5.74) is 6.53. The second-order valence-corrected chi connectivity index (χ2v) is 5.42. The highest BCUT2D eigenvalue weighted by Crippen LogP contribution is 2.27. The molecular weight excluding hydrogens is 278 g/mol. The zero-order chi connectivity index (χ0) is 14.5. The molecule has 0 saturated carbocycles. The lowest BCUT2D eigenvalue weighted by Gasteiger charge is -2.29. The van der Waals surface area contributed by atoms with Gasteiger partial charge in [0.2, 0.25) is 5.91 Å². The number of nitrogens with zero attached hydrogens (tertiary/aromatic N) is 1. The number of halogens is 1. The third-order valence-electron chi connectivity index (χ3n) is 3.43. The van der Waals surface area contributed by atoms with Crippen molar-refractivity contribution in [1.29, 1.82) is 0 Å². The lowest BCUT2D eigenvalue weighted by Crippen LogP contribution is -2.43. The van der Waals surface area contributed by atoms with Crippen LogP contribution in [-0.2, 0) is 4.79 Å². The molecule has 20 heavy (non-hydrogen) atoms. The minimum Gasteiger partial charge on any atom is -0.495 e. The molecule has 1 aromatic carbocycles. The molecule has 0 spiro atoms. The van der Waals surface area contributed by atoms with Gasteiger partial charge in [-0.2, -0.15) is 0 Å². The monoisotopic (exact) mass is 297 g/mol. The summed E-state index contributed by atoms with van der Waals surface area (Å²) in [6, 6.07) is 5.45. The van der Waals surface area contributed by atoms with Gasteiger partial charge >= 0.3 is 0 Å². The summed E-state index contributed by atoms with van der Waals surface area (Å²) in [5.74, 6) is 0.512. The van der Waals surface area contributed by atoms with Crippen LogP contribution in [0, 0.1) is 0 Å². The molecule has 5 nitrogen and oxygen atoms in total. The van der Waals surface area contributed by atoms with Crippen molar-refractivity contribution in [2.45, 2.75) is 18.9 Å². The summed E-state index contributed by atoms with van der Waals surface area (Å²) in [6.07, 6.45) is 1.89. The van der Waals surface area contributed by atoms with Crippen LogP contribution in [0.25, 0.3) is 0 Å². The van der Waals surface area contributed by atoms with Gasteiger partial charge in [-0.05, 0) is 25.0 Å². The maximum atomic E-state index is 12.0. The van der Waals surface area contributed by atoms with Crippen LogP contribution >= 0.6 is 11.6 Å². The Morgan fingerprint density at radius 2 is 2.20 bits per heavy atom. The molecule has 0 radical (unpaired) electrons. The molecule has 1 aliphatic heterocycles. The molecule has 0 bridgehead atoms. The molecule has 0 atom stereocenters. The highest BCUT2D eigenvalue weighted by atomic mass is 35.5. The molecule has 1 fully saturated rings. The number of amides is 1. The molecule has 2 rings (SSSR count). The number of likely N-dealkylation sites (tertiary alicyclic amines) is 1. The highest BCUT2D eigenvalue weighted by molar-refractivity contribution is 6.32. The summed E-state index contributed by atoms with van der Waals surface area (Å²) in [6.45, 7) is 2.13. The number of carbonyl (C=O) groups is 1. The van der Waals surface area contributed by atoms with Crippen LogP contribution in [-0.4, -0.2) is 43.6 Å². The summed E-state index contributed by atoms with van der Waals surface area (Å²) >= 11 is 5.94. The van der Waals surface area contributed by atoms with Crippen LogP contribution in [0.15, 0.2) is 18.2 Å². The molecule has 0 unspecified atom stereocenters. The predicted molar refractivity (Wildman–Crippen MR) is 80.3 cm³/mol. The van der Waals surface area contributed by atoms with Crippen molar-refractivity contribution in [3.63, 3.8) is 0 Å². The Morgan fingerprint density at radius 1 is 1.50 bits per heavy atom. The lowest BCUT2D eigenvalue weighted by atomic mass is 10.1. The number of benzene rings is 1. The van der Waals surface area contributed by atoms with E-state index < -0.39 is 0 Å². The molecule has 0 aromatic heterocycles. The number of nitrogens with two attached hydrogens (primary N) is 1. The Morgan fingerprint density at radius 3 is 2.85 bits per heavy atom. The highest BCUT2D eigenvalue weighted by Gasteiger charge is 2.18. The predicted octanol–water partition coefficient (Wildman–Crippen LogP) is 1.71. The summed E-state index contributed by atoms with van der Waals surface area (Å²) in [5, 5.41) is 3.38. The van der Waals surface area contributed by atoms with Crippen LogP contribution in [0.5, 0.6) is 5.75 Å².